The highest BCUT2D eigenvalue weighted by Gasteiger charge is 2.31. The van der Waals surface area contributed by atoms with Crippen LogP contribution >= 0.6 is 0 Å². The average Bonchev–Trinajstić information content (AvgIpc) is 3.11. The van der Waals surface area contributed by atoms with Gasteiger partial charge in [0.25, 0.3) is 5.91 Å². The third-order valence-electron chi connectivity index (χ3n) is 4.64. The molecule has 112 valence electrons. The smallest absolute Gasteiger partial charge is 0.272 e. The number of benzene rings is 1. The van der Waals surface area contributed by atoms with Gasteiger partial charge in [0.1, 0.15) is 5.69 Å². The predicted octanol–water partition coefficient (Wildman–Crippen LogP) is 2.66. The van der Waals surface area contributed by atoms with Gasteiger partial charge in [0.15, 0.2) is 0 Å². The number of hydrogen-bond donors (Lipinski definition) is 1. The zero-order chi connectivity index (χ0) is 15.3. The highest BCUT2D eigenvalue weighted by atomic mass is 16.2. The van der Waals surface area contributed by atoms with Crippen LogP contribution in [0.5, 0.6) is 0 Å². The van der Waals surface area contributed by atoms with Gasteiger partial charge in [-0.3, -0.25) is 9.48 Å². The summed E-state index contributed by atoms with van der Waals surface area (Å²) < 4.78 is 1.63. The van der Waals surface area contributed by atoms with E-state index in [0.717, 1.165) is 24.2 Å². The number of carbonyl (C=O) groups is 1. The average molecular weight is 294 g/mol. The standard InChI is InChI=1S/C17H18N4O/c1-11-16-13(12-5-3-4-6-14(12)19-16)8-10-21(11)17(22)15-7-9-18-20(15)2/h3-7,9,11,19H,8,10H2,1-2H3/t11-/m0/s1. The van der Waals surface area contributed by atoms with E-state index in [1.807, 2.05) is 11.0 Å². The molecule has 0 saturated heterocycles. The van der Waals surface area contributed by atoms with Gasteiger partial charge in [0.05, 0.1) is 6.04 Å². The Morgan fingerprint density at radius 3 is 2.91 bits per heavy atom. The number of fused-ring (bicyclic) bond motifs is 3. The molecule has 0 spiro atoms. The lowest BCUT2D eigenvalue weighted by molar-refractivity contribution is 0.0663. The maximum absolute atomic E-state index is 12.8. The van der Waals surface area contributed by atoms with Gasteiger partial charge in [-0.2, -0.15) is 5.10 Å². The van der Waals surface area contributed by atoms with Crippen LogP contribution in [0, 0.1) is 0 Å². The predicted molar refractivity (Wildman–Crippen MR) is 84.7 cm³/mol. The number of aromatic nitrogens is 3. The quantitative estimate of drug-likeness (QED) is 0.750. The molecule has 0 aliphatic carbocycles. The van der Waals surface area contributed by atoms with Gasteiger partial charge in [0.2, 0.25) is 0 Å². The summed E-state index contributed by atoms with van der Waals surface area (Å²) in [5, 5.41) is 5.37. The van der Waals surface area contributed by atoms with Crippen molar-refractivity contribution in [3.05, 3.63) is 53.5 Å². The van der Waals surface area contributed by atoms with Gasteiger partial charge < -0.3 is 9.88 Å². The Balaban J connectivity index is 1.74. The number of amides is 1. The minimum atomic E-state index is 0.0387. The van der Waals surface area contributed by atoms with Crippen LogP contribution in [0.15, 0.2) is 36.5 Å². The van der Waals surface area contributed by atoms with Crippen LogP contribution in [0.3, 0.4) is 0 Å². The van der Waals surface area contributed by atoms with Crippen LogP contribution in [0.2, 0.25) is 0 Å². The molecule has 0 bridgehead atoms. The Labute approximate surface area is 128 Å². The topological polar surface area (TPSA) is 53.9 Å². The SMILES string of the molecule is C[C@H]1c2[nH]c3ccccc3c2CCN1C(=O)c1ccnn1C. The summed E-state index contributed by atoms with van der Waals surface area (Å²) in [7, 11) is 1.80. The molecule has 1 aliphatic rings. The second-order valence-electron chi connectivity index (χ2n) is 5.83. The van der Waals surface area contributed by atoms with Crippen LogP contribution in [-0.2, 0) is 13.5 Å². The van der Waals surface area contributed by atoms with E-state index in [1.54, 1.807) is 24.0 Å². The van der Waals surface area contributed by atoms with E-state index in [4.69, 9.17) is 0 Å². The third-order valence-corrected chi connectivity index (χ3v) is 4.64. The normalized spacial score (nSPS) is 17.7. The Bertz CT molecular complexity index is 861. The summed E-state index contributed by atoms with van der Waals surface area (Å²) >= 11 is 0. The number of aromatic amines is 1. The molecule has 1 amide bonds. The summed E-state index contributed by atoms with van der Waals surface area (Å²) in [6.45, 7) is 2.82. The van der Waals surface area contributed by atoms with Crippen LogP contribution in [-0.4, -0.2) is 32.1 Å². The van der Waals surface area contributed by atoms with Gasteiger partial charge in [-0.05, 0) is 31.0 Å². The first-order valence-electron chi connectivity index (χ1n) is 7.55. The Morgan fingerprint density at radius 1 is 1.32 bits per heavy atom. The summed E-state index contributed by atoms with van der Waals surface area (Å²) in [5.74, 6) is 0.0387. The summed E-state index contributed by atoms with van der Waals surface area (Å²) in [5.41, 5.74) is 4.28. The number of H-pyrrole nitrogens is 1. The summed E-state index contributed by atoms with van der Waals surface area (Å²) in [6, 6.07) is 10.2. The van der Waals surface area contributed by atoms with E-state index in [2.05, 4.69) is 35.2 Å². The molecule has 0 fully saturated rings. The van der Waals surface area contributed by atoms with Crippen LogP contribution in [0.1, 0.15) is 34.7 Å². The largest absolute Gasteiger partial charge is 0.356 e. The third kappa shape index (κ3) is 1.78. The van der Waals surface area contributed by atoms with E-state index >= 15 is 0 Å². The number of hydrogen-bond acceptors (Lipinski definition) is 2. The van der Waals surface area contributed by atoms with E-state index in [1.165, 1.54) is 10.9 Å². The second kappa shape index (κ2) is 4.73. The number of aryl methyl sites for hydroxylation is 1. The number of rotatable bonds is 1. The molecule has 0 radical (unpaired) electrons. The van der Waals surface area contributed by atoms with Gasteiger partial charge in [-0.25, -0.2) is 0 Å². The molecule has 5 nitrogen and oxygen atoms in total. The van der Waals surface area contributed by atoms with Crippen molar-refractivity contribution >= 4 is 16.8 Å². The van der Waals surface area contributed by atoms with Crippen LogP contribution in [0.25, 0.3) is 10.9 Å². The lowest BCUT2D eigenvalue weighted by Gasteiger charge is -2.33. The highest BCUT2D eigenvalue weighted by molar-refractivity contribution is 5.93. The lowest BCUT2D eigenvalue weighted by atomic mass is 9.98. The van der Waals surface area contributed by atoms with Crippen LogP contribution < -0.4 is 0 Å². The van der Waals surface area contributed by atoms with Crippen molar-refractivity contribution in [2.75, 3.05) is 6.54 Å². The molecular weight excluding hydrogens is 276 g/mol. The summed E-state index contributed by atoms with van der Waals surface area (Å²) in [4.78, 5) is 18.2. The molecule has 0 saturated carbocycles. The van der Waals surface area contributed by atoms with Crippen molar-refractivity contribution in [1.29, 1.82) is 0 Å². The maximum atomic E-state index is 12.8. The fourth-order valence-corrected chi connectivity index (χ4v) is 3.44. The molecular formula is C17H18N4O. The van der Waals surface area contributed by atoms with Gasteiger partial charge in [-0.15, -0.1) is 0 Å². The molecule has 1 atom stereocenters. The summed E-state index contributed by atoms with van der Waals surface area (Å²) in [6.07, 6.45) is 2.55. The van der Waals surface area contributed by atoms with E-state index in [9.17, 15) is 4.79 Å². The molecule has 5 heteroatoms. The van der Waals surface area contributed by atoms with E-state index in [-0.39, 0.29) is 11.9 Å². The van der Waals surface area contributed by atoms with Crippen molar-refractivity contribution < 1.29 is 4.79 Å². The van der Waals surface area contributed by atoms with Gasteiger partial charge in [0, 0.05) is 36.4 Å². The molecule has 3 aromatic rings. The molecule has 2 aromatic heterocycles. The number of para-hydroxylation sites is 1. The minimum Gasteiger partial charge on any atom is -0.356 e. The number of nitrogens with zero attached hydrogens (tertiary/aromatic N) is 3. The highest BCUT2D eigenvalue weighted by Crippen LogP contribution is 2.34. The molecule has 3 heterocycles. The zero-order valence-electron chi connectivity index (χ0n) is 12.7. The zero-order valence-corrected chi connectivity index (χ0v) is 12.7. The fourth-order valence-electron chi connectivity index (χ4n) is 3.44. The molecule has 22 heavy (non-hydrogen) atoms. The molecule has 1 aromatic carbocycles. The first-order valence-corrected chi connectivity index (χ1v) is 7.55. The van der Waals surface area contributed by atoms with Gasteiger partial charge in [-0.1, -0.05) is 18.2 Å². The lowest BCUT2D eigenvalue weighted by Crippen LogP contribution is -2.39. The molecule has 1 aliphatic heterocycles. The van der Waals surface area contributed by atoms with Crippen molar-refractivity contribution in [2.24, 2.45) is 7.05 Å². The van der Waals surface area contributed by atoms with Crippen molar-refractivity contribution in [1.82, 2.24) is 19.7 Å². The second-order valence-corrected chi connectivity index (χ2v) is 5.83. The first-order chi connectivity index (χ1) is 10.7. The van der Waals surface area contributed by atoms with Crippen molar-refractivity contribution in [2.45, 2.75) is 19.4 Å². The van der Waals surface area contributed by atoms with Crippen molar-refractivity contribution in [3.8, 4) is 0 Å². The van der Waals surface area contributed by atoms with E-state index in [0.29, 0.717) is 5.69 Å². The maximum Gasteiger partial charge on any atom is 0.272 e. The Kier molecular flexibility index (Phi) is 2.82. The first kappa shape index (κ1) is 13.1. The molecule has 0 unspecified atom stereocenters. The van der Waals surface area contributed by atoms with Crippen LogP contribution in [0.4, 0.5) is 0 Å². The molecule has 1 N–H and O–H groups in total. The van der Waals surface area contributed by atoms with Gasteiger partial charge >= 0.3 is 0 Å². The number of carbonyl (C=O) groups excluding carboxylic acids is 1. The fraction of sp³-hybridized carbons (Fsp3) is 0.294. The van der Waals surface area contributed by atoms with Crippen molar-refractivity contribution in [3.63, 3.8) is 0 Å². The number of nitrogens with one attached hydrogen (secondary N) is 1. The molecule has 4 rings (SSSR count). The monoisotopic (exact) mass is 294 g/mol. The van der Waals surface area contributed by atoms with E-state index < -0.39 is 0 Å². The minimum absolute atomic E-state index is 0.0387. The Hall–Kier alpha value is -2.56. The Morgan fingerprint density at radius 2 is 2.14 bits per heavy atom.